The standard InChI is InChI=1S/C30H52F2O3/c1-8-9-10-11-12-15-18-27(30(33-23(2)3,34-24(4)5)35-25(6)7)19-16-13-14-17-26-20-28(31)22-29(32)21-26/h20-25,27H,8-19H2,1-7H3. The van der Waals surface area contributed by atoms with E-state index < -0.39 is 17.6 Å². The lowest BCUT2D eigenvalue weighted by Crippen LogP contribution is -2.50. The van der Waals surface area contributed by atoms with Gasteiger partial charge in [0.2, 0.25) is 0 Å². The third-order valence-electron chi connectivity index (χ3n) is 6.05. The Morgan fingerprint density at radius 2 is 1.06 bits per heavy atom. The van der Waals surface area contributed by atoms with Crippen molar-refractivity contribution in [2.24, 2.45) is 5.92 Å². The average molecular weight is 499 g/mol. The zero-order valence-electron chi connectivity index (χ0n) is 23.5. The van der Waals surface area contributed by atoms with Crippen molar-refractivity contribution in [1.82, 2.24) is 0 Å². The second-order valence-corrected chi connectivity index (χ2v) is 10.7. The van der Waals surface area contributed by atoms with Gasteiger partial charge in [0.05, 0.1) is 18.3 Å². The van der Waals surface area contributed by atoms with E-state index in [1.54, 1.807) is 0 Å². The van der Waals surface area contributed by atoms with Crippen LogP contribution in [0.2, 0.25) is 0 Å². The average Bonchev–Trinajstić information content (AvgIpc) is 2.72. The Kier molecular flexibility index (Phi) is 15.9. The third kappa shape index (κ3) is 13.7. The molecule has 0 N–H and O–H groups in total. The molecule has 3 nitrogen and oxygen atoms in total. The maximum absolute atomic E-state index is 13.5. The van der Waals surface area contributed by atoms with Crippen LogP contribution >= 0.6 is 0 Å². The van der Waals surface area contributed by atoms with Gasteiger partial charge in [0, 0.05) is 12.0 Å². The fourth-order valence-corrected chi connectivity index (χ4v) is 4.68. The molecule has 0 aliphatic carbocycles. The summed E-state index contributed by atoms with van der Waals surface area (Å²) in [6.07, 6.45) is 12.8. The van der Waals surface area contributed by atoms with Crippen molar-refractivity contribution in [3.05, 3.63) is 35.4 Å². The molecule has 1 atom stereocenters. The predicted octanol–water partition coefficient (Wildman–Crippen LogP) is 9.36. The van der Waals surface area contributed by atoms with Gasteiger partial charge < -0.3 is 14.2 Å². The van der Waals surface area contributed by atoms with Crippen molar-refractivity contribution >= 4 is 0 Å². The van der Waals surface area contributed by atoms with E-state index in [1.165, 1.54) is 44.2 Å². The van der Waals surface area contributed by atoms with Gasteiger partial charge >= 0.3 is 0 Å². The molecule has 0 aromatic heterocycles. The summed E-state index contributed by atoms with van der Waals surface area (Å²) in [5.74, 6) is -1.96. The minimum atomic E-state index is -1.06. The van der Waals surface area contributed by atoms with Crippen LogP contribution in [-0.2, 0) is 20.6 Å². The lowest BCUT2D eigenvalue weighted by atomic mass is 9.91. The molecule has 0 aliphatic rings. The zero-order valence-corrected chi connectivity index (χ0v) is 23.5. The molecule has 1 aromatic carbocycles. The lowest BCUT2D eigenvalue weighted by Gasteiger charge is -2.43. The van der Waals surface area contributed by atoms with Crippen LogP contribution in [-0.4, -0.2) is 24.3 Å². The Labute approximate surface area is 214 Å². The lowest BCUT2D eigenvalue weighted by molar-refractivity contribution is -0.433. The Morgan fingerprint density at radius 3 is 1.51 bits per heavy atom. The SMILES string of the molecule is CCCCCCCCC(CCCCCc1cc(F)cc(F)c1)C(OC(C)C)(OC(C)C)OC(C)C. The van der Waals surface area contributed by atoms with Crippen LogP contribution in [0.3, 0.4) is 0 Å². The van der Waals surface area contributed by atoms with E-state index in [0.29, 0.717) is 6.42 Å². The molecular formula is C30H52F2O3. The molecule has 5 heteroatoms. The van der Waals surface area contributed by atoms with Crippen molar-refractivity contribution in [2.75, 3.05) is 0 Å². The van der Waals surface area contributed by atoms with Gasteiger partial charge in [-0.15, -0.1) is 0 Å². The fraction of sp³-hybridized carbons (Fsp3) is 0.800. The Hall–Kier alpha value is -1.04. The van der Waals surface area contributed by atoms with Crippen LogP contribution in [0.15, 0.2) is 18.2 Å². The van der Waals surface area contributed by atoms with E-state index in [-0.39, 0.29) is 24.2 Å². The van der Waals surface area contributed by atoms with Gasteiger partial charge in [-0.2, -0.15) is 0 Å². The molecule has 1 rings (SSSR count). The highest BCUT2D eigenvalue weighted by molar-refractivity contribution is 5.17. The summed E-state index contributed by atoms with van der Waals surface area (Å²) < 4.78 is 46.3. The van der Waals surface area contributed by atoms with Crippen molar-refractivity contribution in [2.45, 2.75) is 150 Å². The molecule has 0 fully saturated rings. The summed E-state index contributed by atoms with van der Waals surface area (Å²) in [4.78, 5) is 0. The number of hydrogen-bond donors (Lipinski definition) is 0. The fourth-order valence-electron chi connectivity index (χ4n) is 4.68. The first-order valence-corrected chi connectivity index (χ1v) is 14.1. The summed E-state index contributed by atoms with van der Waals surface area (Å²) in [6.45, 7) is 14.4. The van der Waals surface area contributed by atoms with E-state index in [9.17, 15) is 8.78 Å². The first-order chi connectivity index (χ1) is 16.6. The monoisotopic (exact) mass is 498 g/mol. The van der Waals surface area contributed by atoms with Gasteiger partial charge in [0.1, 0.15) is 11.6 Å². The molecule has 0 aliphatic heterocycles. The molecule has 0 saturated heterocycles. The van der Waals surface area contributed by atoms with Crippen LogP contribution in [0.5, 0.6) is 0 Å². The van der Waals surface area contributed by atoms with Crippen LogP contribution < -0.4 is 0 Å². The van der Waals surface area contributed by atoms with Crippen molar-refractivity contribution in [3.8, 4) is 0 Å². The first-order valence-electron chi connectivity index (χ1n) is 14.1. The predicted molar refractivity (Wildman–Crippen MR) is 141 cm³/mol. The minimum absolute atomic E-state index is 0.0255. The Bertz CT molecular complexity index is 629. The van der Waals surface area contributed by atoms with E-state index in [4.69, 9.17) is 14.2 Å². The molecule has 204 valence electrons. The largest absolute Gasteiger partial charge is 0.324 e. The van der Waals surface area contributed by atoms with Crippen molar-refractivity contribution in [3.63, 3.8) is 0 Å². The zero-order chi connectivity index (χ0) is 26.3. The highest BCUT2D eigenvalue weighted by Crippen LogP contribution is 2.37. The maximum atomic E-state index is 13.5. The van der Waals surface area contributed by atoms with E-state index >= 15 is 0 Å². The van der Waals surface area contributed by atoms with Gasteiger partial charge in [-0.25, -0.2) is 8.78 Å². The van der Waals surface area contributed by atoms with Crippen LogP contribution in [0.25, 0.3) is 0 Å². The second-order valence-electron chi connectivity index (χ2n) is 10.7. The van der Waals surface area contributed by atoms with Gasteiger partial charge in [0.15, 0.2) is 0 Å². The first kappa shape index (κ1) is 32.0. The number of ether oxygens (including phenoxy) is 3. The normalized spacial score (nSPS) is 13.4. The molecule has 0 radical (unpaired) electrons. The molecule has 0 amide bonds. The summed E-state index contributed by atoms with van der Waals surface area (Å²) in [5, 5.41) is 0. The summed E-state index contributed by atoms with van der Waals surface area (Å²) >= 11 is 0. The third-order valence-corrected chi connectivity index (χ3v) is 6.05. The Balaban J connectivity index is 2.85. The minimum Gasteiger partial charge on any atom is -0.324 e. The molecule has 35 heavy (non-hydrogen) atoms. The summed E-state index contributed by atoms with van der Waals surface area (Å²) in [5.41, 5.74) is 0.717. The maximum Gasteiger partial charge on any atom is 0.286 e. The van der Waals surface area contributed by atoms with E-state index in [2.05, 4.69) is 6.92 Å². The van der Waals surface area contributed by atoms with Crippen LogP contribution in [0, 0.1) is 17.6 Å². The Morgan fingerprint density at radius 1 is 0.629 bits per heavy atom. The smallest absolute Gasteiger partial charge is 0.286 e. The molecule has 1 unspecified atom stereocenters. The molecule has 0 bridgehead atoms. The van der Waals surface area contributed by atoms with Gasteiger partial charge in [-0.05, 0) is 84.9 Å². The topological polar surface area (TPSA) is 27.7 Å². The number of benzene rings is 1. The van der Waals surface area contributed by atoms with Crippen LogP contribution in [0.1, 0.15) is 125 Å². The van der Waals surface area contributed by atoms with Crippen molar-refractivity contribution < 1.29 is 23.0 Å². The quantitative estimate of drug-likeness (QED) is 0.132. The molecule has 1 aromatic rings. The van der Waals surface area contributed by atoms with Gasteiger partial charge in [-0.1, -0.05) is 58.3 Å². The molecule has 0 spiro atoms. The number of unbranched alkanes of at least 4 members (excludes halogenated alkanes) is 7. The van der Waals surface area contributed by atoms with Gasteiger partial charge in [-0.3, -0.25) is 0 Å². The van der Waals surface area contributed by atoms with E-state index in [0.717, 1.165) is 50.2 Å². The van der Waals surface area contributed by atoms with E-state index in [1.807, 2.05) is 41.5 Å². The van der Waals surface area contributed by atoms with Gasteiger partial charge in [0.25, 0.3) is 5.97 Å². The van der Waals surface area contributed by atoms with Crippen molar-refractivity contribution in [1.29, 1.82) is 0 Å². The van der Waals surface area contributed by atoms with Crippen LogP contribution in [0.4, 0.5) is 8.78 Å². The number of hydrogen-bond acceptors (Lipinski definition) is 3. The number of aryl methyl sites for hydroxylation is 1. The molecular weight excluding hydrogens is 446 g/mol. The summed E-state index contributed by atoms with van der Waals surface area (Å²) in [7, 11) is 0. The molecule has 0 saturated carbocycles. The second kappa shape index (κ2) is 17.4. The highest BCUT2D eigenvalue weighted by Gasteiger charge is 2.44. The number of halogens is 2. The highest BCUT2D eigenvalue weighted by atomic mass is 19.1. The summed E-state index contributed by atoms with van der Waals surface area (Å²) in [6, 6.07) is 3.78. The molecule has 0 heterocycles. The number of rotatable bonds is 20.